The van der Waals surface area contributed by atoms with Gasteiger partial charge >= 0.3 is 0 Å². The van der Waals surface area contributed by atoms with Crippen molar-refractivity contribution >= 4 is 11.8 Å². The molecule has 178 valence electrons. The number of rotatable bonds is 10. The highest BCUT2D eigenvalue weighted by Crippen LogP contribution is 2.18. The first-order valence-electron chi connectivity index (χ1n) is 11.8. The van der Waals surface area contributed by atoms with Gasteiger partial charge in [-0.15, -0.1) is 0 Å². The predicted octanol–water partition coefficient (Wildman–Crippen LogP) is 5.23. The van der Waals surface area contributed by atoms with Crippen molar-refractivity contribution in [1.29, 1.82) is 0 Å². The van der Waals surface area contributed by atoms with E-state index < -0.39 is 11.9 Å². The van der Waals surface area contributed by atoms with Crippen LogP contribution in [-0.2, 0) is 29.0 Å². The van der Waals surface area contributed by atoms with E-state index in [1.807, 2.05) is 75.4 Å². The van der Waals surface area contributed by atoms with E-state index in [-0.39, 0.29) is 30.8 Å². The zero-order chi connectivity index (χ0) is 24.5. The summed E-state index contributed by atoms with van der Waals surface area (Å²) < 4.78 is 14.4. The molecule has 0 saturated carbocycles. The second-order valence-corrected chi connectivity index (χ2v) is 8.80. The third kappa shape index (κ3) is 7.01. The lowest BCUT2D eigenvalue weighted by atomic mass is 10.0. The number of nitrogens with zero attached hydrogens (tertiary/aromatic N) is 1. The summed E-state index contributed by atoms with van der Waals surface area (Å²) in [5.74, 6) is -0.908. The van der Waals surface area contributed by atoms with E-state index in [1.165, 1.54) is 6.07 Å². The molecule has 2 atom stereocenters. The molecule has 0 spiro atoms. The van der Waals surface area contributed by atoms with Crippen LogP contribution in [0, 0.1) is 12.7 Å². The summed E-state index contributed by atoms with van der Waals surface area (Å²) in [5, 5.41) is 3.05. The first-order chi connectivity index (χ1) is 16.4. The molecule has 3 rings (SSSR count). The van der Waals surface area contributed by atoms with Gasteiger partial charge in [0.05, 0.1) is 6.42 Å². The molecule has 5 heteroatoms. The lowest BCUT2D eigenvalue weighted by Crippen LogP contribution is -2.52. The molecule has 0 unspecified atom stereocenters. The Kier molecular flexibility index (Phi) is 8.97. The molecule has 3 aromatic carbocycles. The Bertz CT molecular complexity index is 1100. The Balaban J connectivity index is 1.98. The molecule has 4 nitrogen and oxygen atoms in total. The molecule has 0 aromatic heterocycles. The third-order valence-electron chi connectivity index (χ3n) is 6.01. The van der Waals surface area contributed by atoms with Crippen LogP contribution in [0.25, 0.3) is 0 Å². The molecule has 0 bridgehead atoms. The molecular formula is C29H33FN2O2. The number of hydrogen-bond acceptors (Lipinski definition) is 2. The van der Waals surface area contributed by atoms with Gasteiger partial charge in [-0.25, -0.2) is 4.39 Å². The Hall–Kier alpha value is -3.47. The fourth-order valence-electron chi connectivity index (χ4n) is 3.91. The Morgan fingerprint density at radius 1 is 0.941 bits per heavy atom. The number of halogens is 1. The van der Waals surface area contributed by atoms with Crippen LogP contribution < -0.4 is 5.32 Å². The molecule has 3 aromatic rings. The summed E-state index contributed by atoms with van der Waals surface area (Å²) in [6.07, 6.45) is 1.04. The standard InChI is InChI=1S/C29H33FN2O2/c1-4-22(3)31-29(34)27(18-23-12-6-5-7-13-23)32(20-24-14-10-11-21(2)17-24)28(33)19-25-15-8-9-16-26(25)30/h5-17,22,27H,4,18-20H2,1-3H3,(H,31,34)/t22-,27+/m0/s1. The fourth-order valence-corrected chi connectivity index (χ4v) is 3.91. The number of carbonyl (C=O) groups excluding carboxylic acids is 2. The van der Waals surface area contributed by atoms with Crippen LogP contribution in [-0.4, -0.2) is 28.8 Å². The van der Waals surface area contributed by atoms with E-state index in [9.17, 15) is 14.0 Å². The van der Waals surface area contributed by atoms with E-state index in [0.29, 0.717) is 12.0 Å². The average Bonchev–Trinajstić information content (AvgIpc) is 2.83. The van der Waals surface area contributed by atoms with Gasteiger partial charge in [0.2, 0.25) is 11.8 Å². The summed E-state index contributed by atoms with van der Waals surface area (Å²) in [4.78, 5) is 28.7. The number of carbonyl (C=O) groups is 2. The van der Waals surface area contributed by atoms with Gasteiger partial charge in [-0.05, 0) is 43.0 Å². The van der Waals surface area contributed by atoms with E-state index in [2.05, 4.69) is 5.32 Å². The van der Waals surface area contributed by atoms with Gasteiger partial charge in [-0.2, -0.15) is 0 Å². The van der Waals surface area contributed by atoms with Crippen molar-refractivity contribution in [3.05, 3.63) is 107 Å². The lowest BCUT2D eigenvalue weighted by molar-refractivity contribution is -0.141. The fraction of sp³-hybridized carbons (Fsp3) is 0.310. The van der Waals surface area contributed by atoms with Crippen molar-refractivity contribution in [3.8, 4) is 0 Å². The largest absolute Gasteiger partial charge is 0.352 e. The quantitative estimate of drug-likeness (QED) is 0.450. The van der Waals surface area contributed by atoms with Crippen molar-refractivity contribution in [2.24, 2.45) is 0 Å². The summed E-state index contributed by atoms with van der Waals surface area (Å²) in [6.45, 7) is 6.21. The van der Waals surface area contributed by atoms with Gasteiger partial charge < -0.3 is 10.2 Å². The third-order valence-corrected chi connectivity index (χ3v) is 6.01. The van der Waals surface area contributed by atoms with Gasteiger partial charge in [-0.1, -0.05) is 85.3 Å². The Labute approximate surface area is 201 Å². The SMILES string of the molecule is CC[C@H](C)NC(=O)[C@@H](Cc1ccccc1)N(Cc1cccc(C)c1)C(=O)Cc1ccccc1F. The lowest BCUT2D eigenvalue weighted by Gasteiger charge is -2.32. The molecule has 0 aliphatic carbocycles. The van der Waals surface area contributed by atoms with Crippen LogP contribution in [0.5, 0.6) is 0 Å². The second-order valence-electron chi connectivity index (χ2n) is 8.80. The predicted molar refractivity (Wildman–Crippen MR) is 134 cm³/mol. The van der Waals surface area contributed by atoms with E-state index >= 15 is 0 Å². The van der Waals surface area contributed by atoms with Crippen molar-refractivity contribution < 1.29 is 14.0 Å². The molecule has 0 aliphatic heterocycles. The highest BCUT2D eigenvalue weighted by molar-refractivity contribution is 5.89. The summed E-state index contributed by atoms with van der Waals surface area (Å²) in [5.41, 5.74) is 3.28. The number of amides is 2. The van der Waals surface area contributed by atoms with Gasteiger partial charge in [0.25, 0.3) is 0 Å². The molecule has 0 heterocycles. The number of nitrogens with one attached hydrogen (secondary N) is 1. The maximum Gasteiger partial charge on any atom is 0.243 e. The van der Waals surface area contributed by atoms with E-state index in [0.717, 1.165) is 23.1 Å². The second kappa shape index (κ2) is 12.1. The van der Waals surface area contributed by atoms with Crippen molar-refractivity contribution in [3.63, 3.8) is 0 Å². The van der Waals surface area contributed by atoms with Crippen LogP contribution >= 0.6 is 0 Å². The minimum Gasteiger partial charge on any atom is -0.352 e. The van der Waals surface area contributed by atoms with Gasteiger partial charge in [0.15, 0.2) is 0 Å². The van der Waals surface area contributed by atoms with Crippen LogP contribution in [0.4, 0.5) is 4.39 Å². The highest BCUT2D eigenvalue weighted by Gasteiger charge is 2.31. The van der Waals surface area contributed by atoms with Crippen LogP contribution in [0.15, 0.2) is 78.9 Å². The van der Waals surface area contributed by atoms with E-state index in [1.54, 1.807) is 23.1 Å². The normalized spacial score (nSPS) is 12.6. The molecule has 0 radical (unpaired) electrons. The van der Waals surface area contributed by atoms with Crippen molar-refractivity contribution in [1.82, 2.24) is 10.2 Å². The Morgan fingerprint density at radius 3 is 2.29 bits per heavy atom. The molecule has 1 N–H and O–H groups in total. The van der Waals surface area contributed by atoms with Gasteiger partial charge in [-0.3, -0.25) is 9.59 Å². The first-order valence-corrected chi connectivity index (χ1v) is 11.8. The minimum atomic E-state index is -0.726. The summed E-state index contributed by atoms with van der Waals surface area (Å²) in [7, 11) is 0. The van der Waals surface area contributed by atoms with E-state index in [4.69, 9.17) is 0 Å². The molecule has 2 amide bonds. The minimum absolute atomic E-state index is 0.0201. The number of hydrogen-bond donors (Lipinski definition) is 1. The van der Waals surface area contributed by atoms with Crippen molar-refractivity contribution in [2.45, 2.75) is 58.7 Å². The maximum absolute atomic E-state index is 14.4. The Morgan fingerprint density at radius 2 is 1.62 bits per heavy atom. The number of aryl methyl sites for hydroxylation is 1. The summed E-state index contributed by atoms with van der Waals surface area (Å²) in [6, 6.07) is 23.1. The molecule has 0 saturated heterocycles. The zero-order valence-corrected chi connectivity index (χ0v) is 20.1. The average molecular weight is 461 g/mol. The maximum atomic E-state index is 14.4. The molecule has 0 fully saturated rings. The van der Waals surface area contributed by atoms with Crippen LogP contribution in [0.2, 0.25) is 0 Å². The highest BCUT2D eigenvalue weighted by atomic mass is 19.1. The molecule has 0 aliphatic rings. The molecule has 34 heavy (non-hydrogen) atoms. The van der Waals surface area contributed by atoms with Gasteiger partial charge in [0.1, 0.15) is 11.9 Å². The molecular weight excluding hydrogens is 427 g/mol. The summed E-state index contributed by atoms with van der Waals surface area (Å²) >= 11 is 0. The monoisotopic (exact) mass is 460 g/mol. The van der Waals surface area contributed by atoms with Crippen LogP contribution in [0.3, 0.4) is 0 Å². The van der Waals surface area contributed by atoms with Crippen molar-refractivity contribution in [2.75, 3.05) is 0 Å². The topological polar surface area (TPSA) is 49.4 Å². The number of benzene rings is 3. The zero-order valence-electron chi connectivity index (χ0n) is 20.1. The first kappa shape index (κ1) is 25.2. The smallest absolute Gasteiger partial charge is 0.243 e. The van der Waals surface area contributed by atoms with Gasteiger partial charge in [0, 0.05) is 19.0 Å². The van der Waals surface area contributed by atoms with Crippen LogP contribution in [0.1, 0.15) is 42.5 Å².